The van der Waals surface area contributed by atoms with Crippen molar-refractivity contribution >= 4 is 33.2 Å². The first-order chi connectivity index (χ1) is 8.99. The molecule has 6 heteroatoms. The summed E-state index contributed by atoms with van der Waals surface area (Å²) < 4.78 is 14.2. The van der Waals surface area contributed by atoms with E-state index in [9.17, 15) is 14.3 Å². The van der Waals surface area contributed by atoms with E-state index in [1.165, 1.54) is 30.3 Å². The topological polar surface area (TPSA) is 75.3 Å². The summed E-state index contributed by atoms with van der Waals surface area (Å²) in [6, 6.07) is 8.50. The van der Waals surface area contributed by atoms with Crippen molar-refractivity contribution < 1.29 is 14.3 Å². The quantitative estimate of drug-likeness (QED) is 0.743. The second-order valence-electron chi connectivity index (χ2n) is 3.82. The molecule has 2 aromatic carbocycles. The standard InChI is InChI=1S/C13H10BrFN2O2/c14-7-4-5-8(11(18)6-7)13(19)17-12-9(15)2-1-3-10(12)16/h1-6,18H,16H2,(H,17,19). The molecule has 0 radical (unpaired) electrons. The molecule has 4 N–H and O–H groups in total. The maximum atomic E-state index is 13.5. The largest absolute Gasteiger partial charge is 0.507 e. The smallest absolute Gasteiger partial charge is 0.259 e. The van der Waals surface area contributed by atoms with Gasteiger partial charge in [0.1, 0.15) is 17.3 Å². The third kappa shape index (κ3) is 2.85. The Hall–Kier alpha value is -2.08. The van der Waals surface area contributed by atoms with E-state index in [0.29, 0.717) is 4.47 Å². The lowest BCUT2D eigenvalue weighted by Crippen LogP contribution is -2.14. The highest BCUT2D eigenvalue weighted by Crippen LogP contribution is 2.26. The van der Waals surface area contributed by atoms with Crippen molar-refractivity contribution in [2.24, 2.45) is 0 Å². The molecule has 0 aromatic heterocycles. The highest BCUT2D eigenvalue weighted by Gasteiger charge is 2.15. The number of halogens is 2. The zero-order chi connectivity index (χ0) is 14.0. The first kappa shape index (κ1) is 13.4. The number of aromatic hydroxyl groups is 1. The van der Waals surface area contributed by atoms with Crippen LogP contribution in [0.15, 0.2) is 40.9 Å². The molecule has 1 amide bonds. The van der Waals surface area contributed by atoms with Crippen LogP contribution in [0.25, 0.3) is 0 Å². The number of nitrogens with two attached hydrogens (primary N) is 1. The van der Waals surface area contributed by atoms with Crippen LogP contribution in [0.5, 0.6) is 5.75 Å². The van der Waals surface area contributed by atoms with Crippen molar-refractivity contribution in [1.82, 2.24) is 0 Å². The molecule has 0 saturated heterocycles. The van der Waals surface area contributed by atoms with Gasteiger partial charge in [-0.05, 0) is 30.3 Å². The Morgan fingerprint density at radius 1 is 1.32 bits per heavy atom. The Balaban J connectivity index is 2.31. The number of benzene rings is 2. The molecule has 0 aliphatic rings. The molecule has 0 heterocycles. The number of para-hydroxylation sites is 1. The van der Waals surface area contributed by atoms with Crippen LogP contribution in [-0.2, 0) is 0 Å². The van der Waals surface area contributed by atoms with Gasteiger partial charge < -0.3 is 16.2 Å². The Morgan fingerprint density at radius 3 is 2.68 bits per heavy atom. The lowest BCUT2D eigenvalue weighted by molar-refractivity contribution is 0.102. The summed E-state index contributed by atoms with van der Waals surface area (Å²) in [4.78, 5) is 11.9. The van der Waals surface area contributed by atoms with E-state index in [1.54, 1.807) is 6.07 Å². The molecule has 0 aliphatic carbocycles. The number of phenolic OH excluding ortho intramolecular Hbond substituents is 1. The van der Waals surface area contributed by atoms with Gasteiger partial charge in [-0.3, -0.25) is 4.79 Å². The lowest BCUT2D eigenvalue weighted by atomic mass is 10.1. The predicted octanol–water partition coefficient (Wildman–Crippen LogP) is 3.13. The average Bonchev–Trinajstić information content (AvgIpc) is 2.33. The van der Waals surface area contributed by atoms with Crippen molar-refractivity contribution in [1.29, 1.82) is 0 Å². The third-order valence-corrected chi connectivity index (χ3v) is 2.98. The van der Waals surface area contributed by atoms with Crippen LogP contribution < -0.4 is 11.1 Å². The summed E-state index contributed by atoms with van der Waals surface area (Å²) in [7, 11) is 0. The van der Waals surface area contributed by atoms with Gasteiger partial charge in [0.05, 0.1) is 11.3 Å². The predicted molar refractivity (Wildman–Crippen MR) is 74.6 cm³/mol. The number of phenols is 1. The van der Waals surface area contributed by atoms with Gasteiger partial charge in [0.15, 0.2) is 0 Å². The fraction of sp³-hybridized carbons (Fsp3) is 0. The van der Waals surface area contributed by atoms with Gasteiger partial charge in [0, 0.05) is 4.47 Å². The minimum Gasteiger partial charge on any atom is -0.507 e. The van der Waals surface area contributed by atoms with Gasteiger partial charge in [-0.15, -0.1) is 0 Å². The van der Waals surface area contributed by atoms with E-state index in [-0.39, 0.29) is 22.7 Å². The van der Waals surface area contributed by atoms with Gasteiger partial charge in [0.2, 0.25) is 0 Å². The number of nitrogen functional groups attached to an aromatic ring is 1. The van der Waals surface area contributed by atoms with Crippen LogP contribution in [0.4, 0.5) is 15.8 Å². The fourth-order valence-electron chi connectivity index (χ4n) is 1.55. The minimum absolute atomic E-state index is 0.0332. The number of carbonyl (C=O) groups is 1. The maximum absolute atomic E-state index is 13.5. The first-order valence-corrected chi connectivity index (χ1v) is 6.12. The van der Waals surface area contributed by atoms with Crippen LogP contribution in [0.2, 0.25) is 0 Å². The van der Waals surface area contributed by atoms with Gasteiger partial charge in [-0.1, -0.05) is 22.0 Å². The van der Waals surface area contributed by atoms with Crippen molar-refractivity contribution in [3.05, 3.63) is 52.3 Å². The number of hydrogen-bond donors (Lipinski definition) is 3. The zero-order valence-corrected chi connectivity index (χ0v) is 11.2. The average molecular weight is 325 g/mol. The molecule has 4 nitrogen and oxygen atoms in total. The van der Waals surface area contributed by atoms with E-state index in [2.05, 4.69) is 21.2 Å². The van der Waals surface area contributed by atoms with Crippen LogP contribution in [-0.4, -0.2) is 11.0 Å². The second-order valence-corrected chi connectivity index (χ2v) is 4.74. The van der Waals surface area contributed by atoms with Gasteiger partial charge in [0.25, 0.3) is 5.91 Å². The Morgan fingerprint density at radius 2 is 2.05 bits per heavy atom. The molecule has 0 aliphatic heterocycles. The summed E-state index contributed by atoms with van der Waals surface area (Å²) in [5.41, 5.74) is 5.63. The number of anilines is 2. The third-order valence-electron chi connectivity index (χ3n) is 2.49. The maximum Gasteiger partial charge on any atom is 0.259 e. The minimum atomic E-state index is -0.637. The summed E-state index contributed by atoms with van der Waals surface area (Å²) >= 11 is 3.16. The van der Waals surface area contributed by atoms with E-state index >= 15 is 0 Å². The summed E-state index contributed by atoms with van der Waals surface area (Å²) in [6.45, 7) is 0. The van der Waals surface area contributed by atoms with Crippen LogP contribution in [0.3, 0.4) is 0 Å². The second kappa shape index (κ2) is 5.27. The number of rotatable bonds is 2. The normalized spacial score (nSPS) is 10.2. The molecule has 19 heavy (non-hydrogen) atoms. The Kier molecular flexibility index (Phi) is 3.71. The number of carbonyl (C=O) groups excluding carboxylic acids is 1. The van der Waals surface area contributed by atoms with Crippen molar-refractivity contribution in [2.45, 2.75) is 0 Å². The Bertz CT molecular complexity index is 626. The molecule has 0 fully saturated rings. The van der Waals surface area contributed by atoms with E-state index in [1.807, 2.05) is 0 Å². The molecule has 98 valence electrons. The number of nitrogens with one attached hydrogen (secondary N) is 1. The summed E-state index contributed by atoms with van der Waals surface area (Å²) in [6.07, 6.45) is 0. The molecule has 2 aromatic rings. The monoisotopic (exact) mass is 324 g/mol. The van der Waals surface area contributed by atoms with Crippen molar-refractivity contribution in [2.75, 3.05) is 11.1 Å². The van der Waals surface area contributed by atoms with Crippen molar-refractivity contribution in [3.63, 3.8) is 0 Å². The molecule has 0 spiro atoms. The van der Waals surface area contributed by atoms with E-state index in [4.69, 9.17) is 5.73 Å². The van der Waals surface area contributed by atoms with Crippen molar-refractivity contribution in [3.8, 4) is 5.75 Å². The highest BCUT2D eigenvalue weighted by molar-refractivity contribution is 9.10. The molecule has 0 atom stereocenters. The zero-order valence-electron chi connectivity index (χ0n) is 9.65. The van der Waals surface area contributed by atoms with E-state index in [0.717, 1.165) is 0 Å². The SMILES string of the molecule is Nc1cccc(F)c1NC(=O)c1ccc(Br)cc1O. The highest BCUT2D eigenvalue weighted by atomic mass is 79.9. The number of hydrogen-bond acceptors (Lipinski definition) is 3. The van der Waals surface area contributed by atoms with Gasteiger partial charge in [-0.2, -0.15) is 0 Å². The molecule has 0 bridgehead atoms. The molecule has 0 unspecified atom stereocenters. The van der Waals surface area contributed by atoms with Gasteiger partial charge in [-0.25, -0.2) is 4.39 Å². The van der Waals surface area contributed by atoms with Crippen LogP contribution >= 0.6 is 15.9 Å². The lowest BCUT2D eigenvalue weighted by Gasteiger charge is -2.10. The van der Waals surface area contributed by atoms with Crippen LogP contribution in [0.1, 0.15) is 10.4 Å². The fourth-order valence-corrected chi connectivity index (χ4v) is 1.90. The molecule has 0 saturated carbocycles. The molecular weight excluding hydrogens is 315 g/mol. The van der Waals surface area contributed by atoms with E-state index < -0.39 is 11.7 Å². The summed E-state index contributed by atoms with van der Waals surface area (Å²) in [5.74, 6) is -1.48. The first-order valence-electron chi connectivity index (χ1n) is 5.33. The summed E-state index contributed by atoms with van der Waals surface area (Å²) in [5, 5.41) is 12.0. The number of amides is 1. The van der Waals surface area contributed by atoms with Crippen LogP contribution in [0, 0.1) is 5.82 Å². The van der Waals surface area contributed by atoms with Gasteiger partial charge >= 0.3 is 0 Å². The molecular formula is C13H10BrFN2O2. The Labute approximate surface area is 117 Å². The molecule has 2 rings (SSSR count).